The van der Waals surface area contributed by atoms with Gasteiger partial charge in [-0.1, -0.05) is 36.4 Å². The number of benzene rings is 4. The van der Waals surface area contributed by atoms with Crippen LogP contribution in [-0.2, 0) is 32.7 Å². The van der Waals surface area contributed by atoms with Gasteiger partial charge in [-0.3, -0.25) is 0 Å². The Labute approximate surface area is 162 Å². The molecule has 4 aromatic rings. The fraction of sp³-hybridized carbons (Fsp3) is 0.0909. The van der Waals surface area contributed by atoms with Gasteiger partial charge in [0.2, 0.25) is 0 Å². The summed E-state index contributed by atoms with van der Waals surface area (Å²) < 4.78 is 0. The third kappa shape index (κ3) is 2.98. The number of hydrogen-bond acceptors (Lipinski definition) is 0. The average molecular weight is 369 g/mol. The van der Waals surface area contributed by atoms with Gasteiger partial charge in [0, 0.05) is 32.7 Å². The molecule has 0 aliphatic heterocycles. The molecule has 0 aliphatic rings. The molecule has 0 nitrogen and oxygen atoms in total. The Kier molecular flexibility index (Phi) is 4.66. The first-order valence-corrected chi connectivity index (χ1v) is 7.54. The molecule has 0 heterocycles. The molecular formula is C22H16Y-2. The summed E-state index contributed by atoms with van der Waals surface area (Å²) >= 11 is 0. The fourth-order valence-electron chi connectivity index (χ4n) is 2.98. The van der Waals surface area contributed by atoms with E-state index >= 15 is 0 Å². The van der Waals surface area contributed by atoms with E-state index in [4.69, 9.17) is 0 Å². The Bertz CT molecular complexity index is 1040. The van der Waals surface area contributed by atoms with Crippen LogP contribution in [0.4, 0.5) is 0 Å². The van der Waals surface area contributed by atoms with E-state index in [1.165, 1.54) is 32.3 Å². The van der Waals surface area contributed by atoms with Crippen molar-refractivity contribution in [3.63, 3.8) is 0 Å². The maximum atomic E-state index is 3.36. The van der Waals surface area contributed by atoms with Gasteiger partial charge in [-0.2, -0.15) is 6.07 Å². The van der Waals surface area contributed by atoms with Gasteiger partial charge in [0.1, 0.15) is 0 Å². The molecule has 0 saturated carbocycles. The molecule has 0 aromatic heterocycles. The van der Waals surface area contributed by atoms with E-state index in [-0.39, 0.29) is 32.7 Å². The van der Waals surface area contributed by atoms with E-state index in [1.54, 1.807) is 0 Å². The second-order valence-electron chi connectivity index (χ2n) is 5.75. The molecule has 0 atom stereocenters. The number of fused-ring (bicyclic) bond motifs is 3. The van der Waals surface area contributed by atoms with Gasteiger partial charge in [-0.25, -0.2) is 12.1 Å². The summed E-state index contributed by atoms with van der Waals surface area (Å²) in [7, 11) is 0. The van der Waals surface area contributed by atoms with Crippen LogP contribution in [0.1, 0.15) is 19.4 Å². The number of hydrogen-bond donors (Lipinski definition) is 0. The van der Waals surface area contributed by atoms with Gasteiger partial charge in [0.15, 0.2) is 0 Å². The maximum Gasteiger partial charge on any atom is 0 e. The fourth-order valence-corrected chi connectivity index (χ4v) is 2.98. The second-order valence-corrected chi connectivity index (χ2v) is 5.75. The monoisotopic (exact) mass is 369 g/mol. The Morgan fingerprint density at radius 2 is 1.30 bits per heavy atom. The molecule has 4 rings (SSSR count). The normalized spacial score (nSPS) is 11.8. The molecule has 0 saturated heterocycles. The van der Waals surface area contributed by atoms with E-state index in [0.717, 1.165) is 11.1 Å². The van der Waals surface area contributed by atoms with Crippen LogP contribution in [0.15, 0.2) is 60.7 Å². The SMILES string of the molecule is C[C-]=C(C)c1[c-]cc2cc3cc4ccccc4cc3cc2c1.[Y]. The van der Waals surface area contributed by atoms with Gasteiger partial charge < -0.3 is 17.2 Å². The molecule has 0 amide bonds. The summed E-state index contributed by atoms with van der Waals surface area (Å²) in [5, 5.41) is 7.62. The number of allylic oxidation sites excluding steroid dienone is 2. The van der Waals surface area contributed by atoms with Gasteiger partial charge in [-0.15, -0.1) is 24.6 Å². The van der Waals surface area contributed by atoms with Crippen molar-refractivity contribution in [3.05, 3.63) is 78.4 Å². The molecular weight excluding hydrogens is 353 g/mol. The summed E-state index contributed by atoms with van der Waals surface area (Å²) in [5.74, 6) is 0. The quantitative estimate of drug-likeness (QED) is 0.278. The second kappa shape index (κ2) is 6.55. The van der Waals surface area contributed by atoms with Gasteiger partial charge >= 0.3 is 0 Å². The van der Waals surface area contributed by atoms with Crippen LogP contribution in [-0.4, -0.2) is 0 Å². The van der Waals surface area contributed by atoms with Crippen LogP contribution in [0.2, 0.25) is 0 Å². The predicted molar refractivity (Wildman–Crippen MR) is 95.8 cm³/mol. The van der Waals surface area contributed by atoms with E-state index < -0.39 is 0 Å². The summed E-state index contributed by atoms with van der Waals surface area (Å²) in [4.78, 5) is 0. The summed E-state index contributed by atoms with van der Waals surface area (Å²) in [5.41, 5.74) is 2.26. The molecule has 4 aromatic carbocycles. The molecule has 0 N–H and O–H groups in total. The third-order valence-corrected chi connectivity index (χ3v) is 4.37. The smallest absolute Gasteiger partial charge is 0 e. The van der Waals surface area contributed by atoms with Gasteiger partial charge in [0.05, 0.1) is 0 Å². The zero-order valence-electron chi connectivity index (χ0n) is 13.4. The van der Waals surface area contributed by atoms with Crippen LogP contribution in [0.5, 0.6) is 0 Å². The predicted octanol–water partition coefficient (Wildman–Crippen LogP) is 6.17. The van der Waals surface area contributed by atoms with Crippen molar-refractivity contribution in [2.45, 2.75) is 13.8 Å². The van der Waals surface area contributed by atoms with Crippen LogP contribution in [0.25, 0.3) is 37.9 Å². The average Bonchev–Trinajstić information content (AvgIpc) is 2.56. The van der Waals surface area contributed by atoms with Crippen molar-refractivity contribution in [1.29, 1.82) is 0 Å². The van der Waals surface area contributed by atoms with E-state index in [2.05, 4.69) is 79.7 Å². The Balaban J connectivity index is 0.00000156. The first-order valence-electron chi connectivity index (χ1n) is 7.54. The largest absolute Gasteiger partial charge is 0.327 e. The first kappa shape index (κ1) is 16.4. The molecule has 0 unspecified atom stereocenters. The Hall–Kier alpha value is -1.50. The summed E-state index contributed by atoms with van der Waals surface area (Å²) in [6, 6.07) is 25.2. The number of rotatable bonds is 1. The van der Waals surface area contributed by atoms with Crippen molar-refractivity contribution < 1.29 is 32.7 Å². The van der Waals surface area contributed by atoms with Crippen molar-refractivity contribution in [1.82, 2.24) is 0 Å². The van der Waals surface area contributed by atoms with Crippen molar-refractivity contribution >= 4 is 37.9 Å². The third-order valence-electron chi connectivity index (χ3n) is 4.37. The molecule has 1 heteroatoms. The minimum absolute atomic E-state index is 0. The molecule has 0 bridgehead atoms. The Morgan fingerprint density at radius 3 is 1.91 bits per heavy atom. The van der Waals surface area contributed by atoms with Crippen molar-refractivity contribution in [3.8, 4) is 0 Å². The molecule has 0 spiro atoms. The Morgan fingerprint density at radius 1 is 0.783 bits per heavy atom. The molecule has 109 valence electrons. The van der Waals surface area contributed by atoms with Gasteiger partial charge in [0.25, 0.3) is 0 Å². The molecule has 0 aliphatic carbocycles. The van der Waals surface area contributed by atoms with E-state index in [0.29, 0.717) is 0 Å². The van der Waals surface area contributed by atoms with Crippen LogP contribution in [0, 0.1) is 12.1 Å². The van der Waals surface area contributed by atoms with Crippen LogP contribution >= 0.6 is 0 Å². The summed E-state index contributed by atoms with van der Waals surface area (Å²) in [6.45, 7) is 4.02. The molecule has 23 heavy (non-hydrogen) atoms. The zero-order valence-corrected chi connectivity index (χ0v) is 16.2. The topological polar surface area (TPSA) is 0 Å². The van der Waals surface area contributed by atoms with Crippen molar-refractivity contribution in [2.75, 3.05) is 0 Å². The van der Waals surface area contributed by atoms with Crippen LogP contribution < -0.4 is 0 Å². The van der Waals surface area contributed by atoms with Crippen LogP contribution in [0.3, 0.4) is 0 Å². The van der Waals surface area contributed by atoms with E-state index in [1.807, 2.05) is 6.92 Å². The minimum atomic E-state index is 0. The summed E-state index contributed by atoms with van der Waals surface area (Å²) in [6.07, 6.45) is 3.19. The minimum Gasteiger partial charge on any atom is -0.327 e. The maximum absolute atomic E-state index is 3.36. The first-order chi connectivity index (χ1) is 10.7. The van der Waals surface area contributed by atoms with Crippen molar-refractivity contribution in [2.24, 2.45) is 0 Å². The zero-order chi connectivity index (χ0) is 15.1. The van der Waals surface area contributed by atoms with E-state index in [9.17, 15) is 0 Å². The van der Waals surface area contributed by atoms with Gasteiger partial charge in [-0.05, 0) is 33.7 Å². The molecule has 0 fully saturated rings. The standard InChI is InChI=1S/C22H16.Y/c1-3-15(2)16-8-9-19-13-21-11-17-6-4-5-7-18(17)12-22(21)14-20(19)10-16;/h4-7,9-14H,1-2H3;/q-2;. The molecule has 1 radical (unpaired) electrons.